The number of benzene rings is 3. The zero-order valence-corrected chi connectivity index (χ0v) is 24.6. The van der Waals surface area contributed by atoms with Crippen LogP contribution in [0.25, 0.3) is 0 Å². The first-order valence-corrected chi connectivity index (χ1v) is 14.8. The van der Waals surface area contributed by atoms with Gasteiger partial charge in [-0.05, 0) is 75.1 Å². The van der Waals surface area contributed by atoms with Gasteiger partial charge in [0.25, 0.3) is 10.0 Å². The molecule has 0 aliphatic rings. The molecule has 3 aromatic rings. The largest absolute Gasteiger partial charge is 0.355 e. The van der Waals surface area contributed by atoms with Crippen LogP contribution in [0.4, 0.5) is 5.69 Å². The van der Waals surface area contributed by atoms with Crippen LogP contribution in [-0.4, -0.2) is 44.3 Å². The number of carbonyl (C=O) groups excluding carboxylic acids is 2. The Hall–Kier alpha value is -3.36. The average Bonchev–Trinajstić information content (AvgIpc) is 2.90. The average molecular weight is 570 g/mol. The third-order valence-corrected chi connectivity index (χ3v) is 8.92. The highest BCUT2D eigenvalue weighted by molar-refractivity contribution is 7.92. The van der Waals surface area contributed by atoms with Crippen LogP contribution in [0.3, 0.4) is 0 Å². The minimum Gasteiger partial charge on any atom is -0.355 e. The molecule has 0 aliphatic heterocycles. The van der Waals surface area contributed by atoms with Gasteiger partial charge in [0.05, 0.1) is 10.6 Å². The lowest BCUT2D eigenvalue weighted by Crippen LogP contribution is -2.52. The fourth-order valence-electron chi connectivity index (χ4n) is 4.40. The van der Waals surface area contributed by atoms with Crippen LogP contribution >= 0.6 is 11.6 Å². The molecule has 208 valence electrons. The molecule has 0 saturated carbocycles. The van der Waals surface area contributed by atoms with Gasteiger partial charge in [0, 0.05) is 18.1 Å². The molecule has 0 bridgehead atoms. The highest BCUT2D eigenvalue weighted by Gasteiger charge is 2.34. The number of likely N-dealkylation sites (N-methyl/N-ethyl adjacent to an activating group) is 1. The Morgan fingerprint density at radius 1 is 0.923 bits per heavy atom. The summed E-state index contributed by atoms with van der Waals surface area (Å²) in [6.07, 6.45) is 0.365. The Morgan fingerprint density at radius 2 is 1.59 bits per heavy atom. The van der Waals surface area contributed by atoms with Crippen molar-refractivity contribution >= 4 is 39.1 Å². The number of halogens is 1. The lowest BCUT2D eigenvalue weighted by molar-refractivity contribution is -0.140. The van der Waals surface area contributed by atoms with Gasteiger partial charge in [-0.2, -0.15) is 0 Å². The lowest BCUT2D eigenvalue weighted by Gasteiger charge is -2.34. The Bertz CT molecular complexity index is 1420. The van der Waals surface area contributed by atoms with Gasteiger partial charge in [-0.3, -0.25) is 13.9 Å². The molecule has 39 heavy (non-hydrogen) atoms. The second kappa shape index (κ2) is 13.1. The summed E-state index contributed by atoms with van der Waals surface area (Å²) in [6, 6.07) is 18.3. The van der Waals surface area contributed by atoms with Crippen LogP contribution in [0.15, 0.2) is 71.6 Å². The number of sulfonamides is 1. The number of hydrogen-bond donors (Lipinski definition) is 1. The molecule has 3 rings (SSSR count). The van der Waals surface area contributed by atoms with Crippen molar-refractivity contribution in [1.29, 1.82) is 0 Å². The van der Waals surface area contributed by atoms with E-state index in [0.29, 0.717) is 29.2 Å². The first-order valence-electron chi connectivity index (χ1n) is 13.0. The summed E-state index contributed by atoms with van der Waals surface area (Å²) >= 11 is 6.38. The molecule has 3 aromatic carbocycles. The van der Waals surface area contributed by atoms with Gasteiger partial charge in [-0.15, -0.1) is 0 Å². The lowest BCUT2D eigenvalue weighted by atomic mass is 10.1. The molecule has 9 heteroatoms. The number of nitrogens with one attached hydrogen (secondary N) is 1. The summed E-state index contributed by atoms with van der Waals surface area (Å²) in [5.41, 5.74) is 3.59. The van der Waals surface area contributed by atoms with E-state index in [2.05, 4.69) is 5.32 Å². The van der Waals surface area contributed by atoms with Gasteiger partial charge >= 0.3 is 0 Å². The summed E-state index contributed by atoms with van der Waals surface area (Å²) in [7, 11) is -4.16. The zero-order valence-electron chi connectivity index (χ0n) is 23.1. The number of hydrogen-bond acceptors (Lipinski definition) is 4. The van der Waals surface area contributed by atoms with E-state index >= 15 is 0 Å². The normalized spacial score (nSPS) is 12.1. The first kappa shape index (κ1) is 30.2. The summed E-state index contributed by atoms with van der Waals surface area (Å²) in [6.45, 7) is 9.25. The number of nitrogens with zero attached hydrogens (tertiary/aromatic N) is 2. The van der Waals surface area contributed by atoms with Crippen LogP contribution in [0.5, 0.6) is 0 Å². The quantitative estimate of drug-likeness (QED) is 0.335. The Labute approximate surface area is 236 Å². The fraction of sp³-hybridized carbons (Fsp3) is 0.333. The van der Waals surface area contributed by atoms with Gasteiger partial charge in [0.2, 0.25) is 11.8 Å². The molecular weight excluding hydrogens is 534 g/mol. The molecule has 0 saturated heterocycles. The molecule has 0 heterocycles. The van der Waals surface area contributed by atoms with Crippen molar-refractivity contribution in [3.63, 3.8) is 0 Å². The molecule has 0 radical (unpaired) electrons. The molecule has 1 N–H and O–H groups in total. The number of anilines is 1. The number of aryl methyl sites for hydroxylation is 2. The molecular formula is C30H36ClN3O4S. The van der Waals surface area contributed by atoms with Crippen molar-refractivity contribution in [2.45, 2.75) is 58.5 Å². The molecule has 7 nitrogen and oxygen atoms in total. The molecule has 1 atom stereocenters. The van der Waals surface area contributed by atoms with Crippen LogP contribution in [0, 0.1) is 20.8 Å². The van der Waals surface area contributed by atoms with E-state index in [1.54, 1.807) is 37.3 Å². The van der Waals surface area contributed by atoms with Crippen LogP contribution < -0.4 is 9.62 Å². The maximum absolute atomic E-state index is 14.1. The monoisotopic (exact) mass is 569 g/mol. The highest BCUT2D eigenvalue weighted by Crippen LogP contribution is 2.31. The van der Waals surface area contributed by atoms with Gasteiger partial charge in [-0.1, -0.05) is 66.6 Å². The summed E-state index contributed by atoms with van der Waals surface area (Å²) in [5.74, 6) is -0.778. The van der Waals surface area contributed by atoms with Gasteiger partial charge in [0.15, 0.2) is 0 Å². The van der Waals surface area contributed by atoms with Crippen molar-refractivity contribution in [3.8, 4) is 0 Å². The smallest absolute Gasteiger partial charge is 0.264 e. The second-order valence-corrected chi connectivity index (χ2v) is 11.7. The van der Waals surface area contributed by atoms with E-state index in [1.807, 2.05) is 52.0 Å². The molecule has 0 unspecified atom stereocenters. The van der Waals surface area contributed by atoms with Crippen molar-refractivity contribution in [2.75, 3.05) is 17.4 Å². The standard InChI is InChI=1S/C30H36ClN3O4S/c1-6-27(30(36)32-7-2)33(19-24-12-9-8-11-22(24)4)29(35)20-34(28-14-10-13-26(31)23(28)5)39(37,38)25-17-15-21(3)16-18-25/h8-18,27H,6-7,19-20H2,1-5H3,(H,32,36)/t27-/m0/s1. The van der Waals surface area contributed by atoms with Gasteiger partial charge in [0.1, 0.15) is 12.6 Å². The molecule has 2 amide bonds. The highest BCUT2D eigenvalue weighted by atomic mass is 35.5. The molecule has 0 aliphatic carbocycles. The second-order valence-electron chi connectivity index (χ2n) is 9.48. The minimum absolute atomic E-state index is 0.0569. The number of amides is 2. The molecule has 0 spiro atoms. The van der Waals surface area contributed by atoms with Gasteiger partial charge in [-0.25, -0.2) is 8.42 Å². The first-order chi connectivity index (χ1) is 18.5. The Morgan fingerprint density at radius 3 is 2.21 bits per heavy atom. The Balaban J connectivity index is 2.12. The van der Waals surface area contributed by atoms with E-state index in [9.17, 15) is 18.0 Å². The van der Waals surface area contributed by atoms with Gasteiger partial charge < -0.3 is 10.2 Å². The Kier molecular flexibility index (Phi) is 10.2. The van der Waals surface area contributed by atoms with Crippen molar-refractivity contribution in [3.05, 3.63) is 94.0 Å². The maximum atomic E-state index is 14.1. The third-order valence-electron chi connectivity index (χ3n) is 6.73. The van der Waals surface area contributed by atoms with Crippen LogP contribution in [-0.2, 0) is 26.2 Å². The minimum atomic E-state index is -4.16. The van der Waals surface area contributed by atoms with E-state index < -0.39 is 28.5 Å². The maximum Gasteiger partial charge on any atom is 0.264 e. The van der Waals surface area contributed by atoms with Crippen molar-refractivity contribution in [2.24, 2.45) is 0 Å². The summed E-state index contributed by atoms with van der Waals surface area (Å²) in [5, 5.41) is 3.20. The van der Waals surface area contributed by atoms with E-state index in [-0.39, 0.29) is 17.3 Å². The molecule has 0 fully saturated rings. The molecule has 0 aromatic heterocycles. The SMILES string of the molecule is CCNC(=O)[C@H](CC)N(Cc1ccccc1C)C(=O)CN(c1cccc(Cl)c1C)S(=O)(=O)c1ccc(C)cc1. The zero-order chi connectivity index (χ0) is 28.7. The fourth-order valence-corrected chi connectivity index (χ4v) is 6.04. The predicted octanol–water partition coefficient (Wildman–Crippen LogP) is 5.40. The topological polar surface area (TPSA) is 86.8 Å². The van der Waals surface area contributed by atoms with Crippen LogP contribution in [0.2, 0.25) is 5.02 Å². The van der Waals surface area contributed by atoms with Crippen molar-refractivity contribution < 1.29 is 18.0 Å². The van der Waals surface area contributed by atoms with Crippen molar-refractivity contribution in [1.82, 2.24) is 10.2 Å². The third kappa shape index (κ3) is 6.99. The summed E-state index contributed by atoms with van der Waals surface area (Å²) < 4.78 is 29.1. The predicted molar refractivity (Wildman–Crippen MR) is 156 cm³/mol. The number of rotatable bonds is 11. The number of carbonyl (C=O) groups is 2. The van der Waals surface area contributed by atoms with Crippen LogP contribution in [0.1, 0.15) is 42.5 Å². The van der Waals surface area contributed by atoms with E-state index in [1.165, 1.54) is 17.0 Å². The summed E-state index contributed by atoms with van der Waals surface area (Å²) in [4.78, 5) is 28.7. The van der Waals surface area contributed by atoms with E-state index in [0.717, 1.165) is 21.0 Å². The van der Waals surface area contributed by atoms with E-state index in [4.69, 9.17) is 11.6 Å².